The molecule has 0 fully saturated rings. The van der Waals surface area contributed by atoms with E-state index < -0.39 is 5.97 Å². The zero-order valence-corrected chi connectivity index (χ0v) is 16.7. The number of halogens is 1. The number of anilines is 1. The van der Waals surface area contributed by atoms with Crippen molar-refractivity contribution in [1.82, 2.24) is 9.97 Å². The lowest BCUT2D eigenvalue weighted by molar-refractivity contribution is 0.0531. The molecule has 0 atom stereocenters. The fourth-order valence-corrected chi connectivity index (χ4v) is 3.44. The van der Waals surface area contributed by atoms with E-state index in [-0.39, 0.29) is 5.91 Å². The van der Waals surface area contributed by atoms with Crippen LogP contribution in [0.5, 0.6) is 0 Å². The van der Waals surface area contributed by atoms with Gasteiger partial charge in [-0.3, -0.25) is 9.69 Å². The molecule has 2 aromatic heterocycles. The molecule has 0 unspecified atom stereocenters. The summed E-state index contributed by atoms with van der Waals surface area (Å²) in [4.78, 5) is 35.4. The maximum absolute atomic E-state index is 13.0. The third-order valence-electron chi connectivity index (χ3n) is 3.68. The van der Waals surface area contributed by atoms with E-state index >= 15 is 0 Å². The van der Waals surface area contributed by atoms with Gasteiger partial charge in [-0.15, -0.1) is 0 Å². The fraction of sp³-hybridized carbons (Fsp3) is 0.444. The predicted octanol–water partition coefficient (Wildman–Crippen LogP) is 4.51. The number of amides is 1. The summed E-state index contributed by atoms with van der Waals surface area (Å²) in [6.07, 6.45) is 4.33. The molecule has 26 heavy (non-hydrogen) atoms. The van der Waals surface area contributed by atoms with E-state index in [0.717, 1.165) is 19.3 Å². The quantitative estimate of drug-likeness (QED) is 0.373. The van der Waals surface area contributed by atoms with Crippen LogP contribution in [0.4, 0.5) is 5.13 Å². The van der Waals surface area contributed by atoms with Gasteiger partial charge in [0, 0.05) is 12.7 Å². The van der Waals surface area contributed by atoms with Gasteiger partial charge in [-0.05, 0) is 32.4 Å². The van der Waals surface area contributed by atoms with Crippen molar-refractivity contribution in [1.29, 1.82) is 0 Å². The maximum atomic E-state index is 13.0. The van der Waals surface area contributed by atoms with Gasteiger partial charge in [0.25, 0.3) is 5.91 Å². The van der Waals surface area contributed by atoms with Gasteiger partial charge in [0.05, 0.1) is 17.9 Å². The second-order valence-corrected chi connectivity index (χ2v) is 7.03. The van der Waals surface area contributed by atoms with Crippen molar-refractivity contribution in [2.75, 3.05) is 18.1 Å². The predicted molar refractivity (Wildman–Crippen MR) is 103 cm³/mol. The molecule has 140 valence electrons. The minimum absolute atomic E-state index is 0.213. The molecule has 0 radical (unpaired) electrons. The summed E-state index contributed by atoms with van der Waals surface area (Å²) in [5.41, 5.74) is 0.988. The van der Waals surface area contributed by atoms with Crippen molar-refractivity contribution in [3.05, 3.63) is 39.6 Å². The Hall–Kier alpha value is -1.99. The molecule has 0 aliphatic carbocycles. The number of hydrogen-bond donors (Lipinski definition) is 0. The van der Waals surface area contributed by atoms with Crippen LogP contribution in [0.1, 0.15) is 58.8 Å². The Balaban J connectivity index is 2.32. The zero-order chi connectivity index (χ0) is 19.1. The van der Waals surface area contributed by atoms with Crippen LogP contribution < -0.4 is 4.90 Å². The lowest BCUT2D eigenvalue weighted by atomic mass is 10.2. The second kappa shape index (κ2) is 9.64. The van der Waals surface area contributed by atoms with Gasteiger partial charge in [0.1, 0.15) is 10.0 Å². The Kier molecular flexibility index (Phi) is 7.53. The highest BCUT2D eigenvalue weighted by molar-refractivity contribution is 7.17. The number of unbranched alkanes of at least 4 members (excludes halogenated alkanes) is 2. The molecule has 8 heteroatoms. The van der Waals surface area contributed by atoms with Gasteiger partial charge < -0.3 is 4.74 Å². The molecule has 0 aromatic carbocycles. The Morgan fingerprint density at radius 2 is 2.04 bits per heavy atom. The standard InChI is InChI=1S/C18H22ClN3O3S/c1-4-6-7-10-22(16(23)13-8-9-14(19)20-11-13)18-21-12(3)15(26-18)17(24)25-5-2/h8-9,11H,4-7,10H2,1-3H3. The molecule has 0 bridgehead atoms. The van der Waals surface area contributed by atoms with E-state index in [9.17, 15) is 9.59 Å². The van der Waals surface area contributed by atoms with Crippen molar-refractivity contribution in [2.45, 2.75) is 40.0 Å². The van der Waals surface area contributed by atoms with E-state index in [4.69, 9.17) is 16.3 Å². The minimum Gasteiger partial charge on any atom is -0.462 e. The van der Waals surface area contributed by atoms with Crippen LogP contribution in [0, 0.1) is 6.92 Å². The van der Waals surface area contributed by atoms with Crippen molar-refractivity contribution in [2.24, 2.45) is 0 Å². The number of hydrogen-bond acceptors (Lipinski definition) is 6. The van der Waals surface area contributed by atoms with Crippen LogP contribution in [-0.4, -0.2) is 35.0 Å². The van der Waals surface area contributed by atoms with Crippen molar-refractivity contribution in [3.63, 3.8) is 0 Å². The number of carbonyl (C=O) groups is 2. The van der Waals surface area contributed by atoms with Gasteiger partial charge in [-0.25, -0.2) is 14.8 Å². The lowest BCUT2D eigenvalue weighted by Crippen LogP contribution is -2.32. The average Bonchev–Trinajstić information content (AvgIpc) is 3.00. The molecule has 0 saturated heterocycles. The number of thiazole rings is 1. The summed E-state index contributed by atoms with van der Waals surface area (Å²) in [6, 6.07) is 3.22. The zero-order valence-electron chi connectivity index (χ0n) is 15.1. The number of ether oxygens (including phenoxy) is 1. The first-order valence-electron chi connectivity index (χ1n) is 8.55. The smallest absolute Gasteiger partial charge is 0.350 e. The van der Waals surface area contributed by atoms with Crippen molar-refractivity contribution >= 4 is 39.9 Å². The number of nitrogens with zero attached hydrogens (tertiary/aromatic N) is 3. The van der Waals surface area contributed by atoms with Crippen LogP contribution >= 0.6 is 22.9 Å². The highest BCUT2D eigenvalue weighted by atomic mass is 35.5. The van der Waals surface area contributed by atoms with Gasteiger partial charge in [-0.2, -0.15) is 0 Å². The lowest BCUT2D eigenvalue weighted by Gasteiger charge is -2.19. The molecule has 0 spiro atoms. The van der Waals surface area contributed by atoms with E-state index in [2.05, 4.69) is 16.9 Å². The third-order valence-corrected chi connectivity index (χ3v) is 5.07. The summed E-state index contributed by atoms with van der Waals surface area (Å²) in [6.45, 7) is 6.40. The molecular formula is C18H22ClN3O3S. The fourth-order valence-electron chi connectivity index (χ4n) is 2.35. The second-order valence-electron chi connectivity index (χ2n) is 5.66. The normalized spacial score (nSPS) is 10.6. The third kappa shape index (κ3) is 5.02. The highest BCUT2D eigenvalue weighted by Crippen LogP contribution is 2.28. The SMILES string of the molecule is CCCCCN(C(=O)c1ccc(Cl)nc1)c1nc(C)c(C(=O)OCC)s1. The average molecular weight is 396 g/mol. The first-order valence-corrected chi connectivity index (χ1v) is 9.75. The largest absolute Gasteiger partial charge is 0.462 e. The molecule has 2 rings (SSSR count). The van der Waals surface area contributed by atoms with Crippen LogP contribution in [-0.2, 0) is 4.74 Å². The highest BCUT2D eigenvalue weighted by Gasteiger charge is 2.24. The number of aryl methyl sites for hydroxylation is 1. The molecule has 0 N–H and O–H groups in total. The van der Waals surface area contributed by atoms with Gasteiger partial charge in [0.2, 0.25) is 0 Å². The topological polar surface area (TPSA) is 72.4 Å². The van der Waals surface area contributed by atoms with Crippen molar-refractivity contribution in [3.8, 4) is 0 Å². The number of carbonyl (C=O) groups excluding carboxylic acids is 2. The first kappa shape index (κ1) is 20.3. The minimum atomic E-state index is -0.414. The maximum Gasteiger partial charge on any atom is 0.350 e. The molecule has 0 saturated carbocycles. The molecule has 6 nitrogen and oxygen atoms in total. The van der Waals surface area contributed by atoms with Crippen molar-refractivity contribution < 1.29 is 14.3 Å². The Bertz CT molecular complexity index is 762. The molecule has 0 aliphatic heterocycles. The molecular weight excluding hydrogens is 374 g/mol. The Labute approximate surface area is 162 Å². The van der Waals surface area contributed by atoms with Gasteiger partial charge in [0.15, 0.2) is 5.13 Å². The number of esters is 1. The van der Waals surface area contributed by atoms with Crippen LogP contribution in [0.3, 0.4) is 0 Å². The van der Waals surface area contributed by atoms with E-state index in [1.807, 2.05) is 0 Å². The summed E-state index contributed by atoms with van der Waals surface area (Å²) in [5.74, 6) is -0.628. The monoisotopic (exact) mass is 395 g/mol. The Morgan fingerprint density at radius 1 is 1.27 bits per heavy atom. The van der Waals surface area contributed by atoms with Crippen LogP contribution in [0.2, 0.25) is 5.15 Å². The summed E-state index contributed by atoms with van der Waals surface area (Å²) >= 11 is 6.98. The summed E-state index contributed by atoms with van der Waals surface area (Å²) in [5, 5.41) is 0.815. The van der Waals surface area contributed by atoms with E-state index in [1.165, 1.54) is 17.5 Å². The van der Waals surface area contributed by atoms with Crippen LogP contribution in [0.15, 0.2) is 18.3 Å². The molecule has 1 amide bonds. The Morgan fingerprint density at radius 3 is 2.65 bits per heavy atom. The van der Waals surface area contributed by atoms with E-state index in [0.29, 0.717) is 39.6 Å². The molecule has 2 heterocycles. The van der Waals surface area contributed by atoms with Gasteiger partial charge in [-0.1, -0.05) is 42.7 Å². The number of pyridine rings is 1. The van der Waals surface area contributed by atoms with Crippen LogP contribution in [0.25, 0.3) is 0 Å². The number of aromatic nitrogens is 2. The summed E-state index contributed by atoms with van der Waals surface area (Å²) < 4.78 is 5.06. The molecule has 0 aliphatic rings. The summed E-state index contributed by atoms with van der Waals surface area (Å²) in [7, 11) is 0. The van der Waals surface area contributed by atoms with E-state index in [1.54, 1.807) is 30.9 Å². The first-order chi connectivity index (χ1) is 12.5. The molecule has 2 aromatic rings. The van der Waals surface area contributed by atoms with Gasteiger partial charge >= 0.3 is 5.97 Å². The number of rotatable bonds is 8.